The molecule has 6 nitrogen and oxygen atoms in total. The van der Waals surface area contributed by atoms with Crippen LogP contribution in [-0.2, 0) is 11.2 Å². The fraction of sp³-hybridized carbons (Fsp3) is 0.500. The molecule has 1 aromatic carbocycles. The molecule has 1 atom stereocenters. The van der Waals surface area contributed by atoms with Gasteiger partial charge in [-0.05, 0) is 50.8 Å². The molecule has 1 aromatic heterocycles. The number of piperidine rings is 1. The number of fused-ring (bicyclic) bond motifs is 1. The summed E-state index contributed by atoms with van der Waals surface area (Å²) in [5.74, 6) is 2.76. The second-order valence-electron chi connectivity index (χ2n) is 6.91. The van der Waals surface area contributed by atoms with Gasteiger partial charge in [0.05, 0.1) is 12.1 Å². The minimum atomic E-state index is 0.144. The van der Waals surface area contributed by atoms with Crippen LogP contribution in [0.2, 0.25) is 0 Å². The summed E-state index contributed by atoms with van der Waals surface area (Å²) in [6.07, 6.45) is 4.69. The van der Waals surface area contributed by atoms with Crippen molar-refractivity contribution in [1.82, 2.24) is 9.88 Å². The predicted molar refractivity (Wildman–Crippen MR) is 96.1 cm³/mol. The fourth-order valence-electron chi connectivity index (χ4n) is 3.74. The van der Waals surface area contributed by atoms with Gasteiger partial charge in [-0.3, -0.25) is 4.79 Å². The number of carbonyl (C=O) groups is 1. The summed E-state index contributed by atoms with van der Waals surface area (Å²) in [5, 5.41) is 0. The zero-order valence-electron chi connectivity index (χ0n) is 15.3. The summed E-state index contributed by atoms with van der Waals surface area (Å²) < 4.78 is 16.6. The van der Waals surface area contributed by atoms with Crippen molar-refractivity contribution >= 4 is 5.91 Å². The standard InChI is InChI=1S/C20H24N2O4/c1-3-15-6-4-5-9-22(15)19(23)11-16-13(2)26-20(21-16)14-7-8-17-18(10-14)25-12-24-17/h7-8,10,15H,3-6,9,11-12H2,1-2H3. The van der Waals surface area contributed by atoms with E-state index in [9.17, 15) is 4.79 Å². The van der Waals surface area contributed by atoms with Crippen LogP contribution in [0.25, 0.3) is 11.5 Å². The van der Waals surface area contributed by atoms with Crippen LogP contribution in [0.4, 0.5) is 0 Å². The normalized spacial score (nSPS) is 19.0. The smallest absolute Gasteiger partial charge is 0.231 e. The Morgan fingerprint density at radius 3 is 2.96 bits per heavy atom. The van der Waals surface area contributed by atoms with E-state index in [0.717, 1.165) is 37.1 Å². The Morgan fingerprint density at radius 2 is 2.12 bits per heavy atom. The summed E-state index contributed by atoms with van der Waals surface area (Å²) in [6.45, 7) is 5.09. The number of aromatic nitrogens is 1. The largest absolute Gasteiger partial charge is 0.454 e. The molecule has 2 aromatic rings. The van der Waals surface area contributed by atoms with Crippen LogP contribution in [0.15, 0.2) is 22.6 Å². The summed E-state index contributed by atoms with van der Waals surface area (Å²) in [6, 6.07) is 5.96. The van der Waals surface area contributed by atoms with Crippen molar-refractivity contribution in [1.29, 1.82) is 0 Å². The van der Waals surface area contributed by atoms with E-state index in [1.165, 1.54) is 6.42 Å². The van der Waals surface area contributed by atoms with E-state index in [1.54, 1.807) is 0 Å². The third-order valence-corrected chi connectivity index (χ3v) is 5.25. The molecule has 26 heavy (non-hydrogen) atoms. The van der Waals surface area contributed by atoms with E-state index < -0.39 is 0 Å². The highest BCUT2D eigenvalue weighted by Gasteiger charge is 2.27. The summed E-state index contributed by atoms with van der Waals surface area (Å²) in [4.78, 5) is 19.4. The van der Waals surface area contributed by atoms with Crippen LogP contribution in [0, 0.1) is 6.92 Å². The van der Waals surface area contributed by atoms with Crippen LogP contribution in [0.3, 0.4) is 0 Å². The number of amides is 1. The molecule has 4 rings (SSSR count). The number of ether oxygens (including phenoxy) is 2. The van der Waals surface area contributed by atoms with Crippen molar-refractivity contribution in [3.8, 4) is 23.0 Å². The molecule has 3 heterocycles. The van der Waals surface area contributed by atoms with E-state index in [2.05, 4.69) is 11.9 Å². The van der Waals surface area contributed by atoms with E-state index in [4.69, 9.17) is 13.9 Å². The van der Waals surface area contributed by atoms with Crippen LogP contribution >= 0.6 is 0 Å². The van der Waals surface area contributed by atoms with Crippen molar-refractivity contribution in [2.75, 3.05) is 13.3 Å². The fourth-order valence-corrected chi connectivity index (χ4v) is 3.74. The summed E-state index contributed by atoms with van der Waals surface area (Å²) >= 11 is 0. The minimum Gasteiger partial charge on any atom is -0.454 e. The maximum atomic E-state index is 12.8. The van der Waals surface area contributed by atoms with Gasteiger partial charge in [-0.25, -0.2) is 4.98 Å². The van der Waals surface area contributed by atoms with Gasteiger partial charge in [0.2, 0.25) is 18.6 Å². The highest BCUT2D eigenvalue weighted by atomic mass is 16.7. The number of benzene rings is 1. The molecule has 0 radical (unpaired) electrons. The third-order valence-electron chi connectivity index (χ3n) is 5.25. The van der Waals surface area contributed by atoms with Crippen LogP contribution in [-0.4, -0.2) is 35.2 Å². The Labute approximate surface area is 153 Å². The first kappa shape index (κ1) is 16.9. The molecule has 1 saturated heterocycles. The maximum Gasteiger partial charge on any atom is 0.231 e. The third kappa shape index (κ3) is 3.16. The van der Waals surface area contributed by atoms with Crippen molar-refractivity contribution < 1.29 is 18.7 Å². The number of hydrogen-bond donors (Lipinski definition) is 0. The Kier molecular flexibility index (Phi) is 4.57. The SMILES string of the molecule is CCC1CCCCN1C(=O)Cc1nc(-c2ccc3c(c2)OCO3)oc1C. The van der Waals surface area contributed by atoms with Gasteiger partial charge in [-0.1, -0.05) is 6.92 Å². The van der Waals surface area contributed by atoms with E-state index in [1.807, 2.05) is 30.0 Å². The quantitative estimate of drug-likeness (QED) is 0.835. The molecule has 0 spiro atoms. The molecule has 0 bridgehead atoms. The monoisotopic (exact) mass is 356 g/mol. The van der Waals surface area contributed by atoms with E-state index >= 15 is 0 Å². The first-order chi connectivity index (χ1) is 12.7. The van der Waals surface area contributed by atoms with Crippen molar-refractivity contribution in [2.24, 2.45) is 0 Å². The minimum absolute atomic E-state index is 0.144. The molecule has 138 valence electrons. The van der Waals surface area contributed by atoms with E-state index in [-0.39, 0.29) is 19.1 Å². The molecule has 0 aliphatic carbocycles. The number of likely N-dealkylation sites (tertiary alicyclic amines) is 1. The Morgan fingerprint density at radius 1 is 1.27 bits per heavy atom. The van der Waals surface area contributed by atoms with E-state index in [0.29, 0.717) is 29.1 Å². The summed E-state index contributed by atoms with van der Waals surface area (Å²) in [7, 11) is 0. The van der Waals surface area contributed by atoms with Gasteiger partial charge in [0.25, 0.3) is 0 Å². The maximum absolute atomic E-state index is 12.8. The lowest BCUT2D eigenvalue weighted by atomic mass is 9.99. The molecular formula is C20H24N2O4. The van der Waals surface area contributed by atoms with Crippen molar-refractivity contribution in [3.05, 3.63) is 29.7 Å². The number of oxazole rings is 1. The van der Waals surface area contributed by atoms with Gasteiger partial charge in [0, 0.05) is 18.2 Å². The lowest BCUT2D eigenvalue weighted by Crippen LogP contribution is -2.44. The van der Waals surface area contributed by atoms with Gasteiger partial charge in [0.1, 0.15) is 5.76 Å². The van der Waals surface area contributed by atoms with Crippen molar-refractivity contribution in [2.45, 2.75) is 52.0 Å². The Hall–Kier alpha value is -2.50. The zero-order valence-corrected chi connectivity index (χ0v) is 15.3. The molecule has 2 aliphatic heterocycles. The van der Waals surface area contributed by atoms with Crippen molar-refractivity contribution in [3.63, 3.8) is 0 Å². The molecule has 0 N–H and O–H groups in total. The number of carbonyl (C=O) groups excluding carboxylic acids is 1. The average Bonchev–Trinajstić information content (AvgIpc) is 3.27. The lowest BCUT2D eigenvalue weighted by molar-refractivity contribution is -0.134. The predicted octanol–water partition coefficient (Wildman–Crippen LogP) is 3.71. The Balaban J connectivity index is 1.52. The first-order valence-electron chi connectivity index (χ1n) is 9.31. The topological polar surface area (TPSA) is 64.8 Å². The number of aryl methyl sites for hydroxylation is 1. The van der Waals surface area contributed by atoms with Gasteiger partial charge >= 0.3 is 0 Å². The Bertz CT molecular complexity index is 814. The molecule has 1 unspecified atom stereocenters. The lowest BCUT2D eigenvalue weighted by Gasteiger charge is -2.35. The first-order valence-corrected chi connectivity index (χ1v) is 9.31. The van der Waals surface area contributed by atoms with Gasteiger partial charge < -0.3 is 18.8 Å². The number of nitrogens with zero attached hydrogens (tertiary/aromatic N) is 2. The number of rotatable bonds is 4. The van der Waals surface area contributed by atoms with Crippen LogP contribution in [0.5, 0.6) is 11.5 Å². The molecule has 6 heteroatoms. The molecule has 0 saturated carbocycles. The molecule has 1 amide bonds. The molecular weight excluding hydrogens is 332 g/mol. The van der Waals surface area contributed by atoms with Crippen LogP contribution in [0.1, 0.15) is 44.1 Å². The van der Waals surface area contributed by atoms with Crippen LogP contribution < -0.4 is 9.47 Å². The van der Waals surface area contributed by atoms with Gasteiger partial charge in [0.15, 0.2) is 11.5 Å². The second-order valence-corrected chi connectivity index (χ2v) is 6.91. The van der Waals surface area contributed by atoms with Gasteiger partial charge in [-0.15, -0.1) is 0 Å². The average molecular weight is 356 g/mol. The zero-order chi connectivity index (χ0) is 18.1. The summed E-state index contributed by atoms with van der Waals surface area (Å²) in [5.41, 5.74) is 1.53. The second kappa shape index (κ2) is 7.02. The molecule has 2 aliphatic rings. The van der Waals surface area contributed by atoms with Gasteiger partial charge in [-0.2, -0.15) is 0 Å². The highest BCUT2D eigenvalue weighted by Crippen LogP contribution is 2.36. The number of hydrogen-bond acceptors (Lipinski definition) is 5. The molecule has 1 fully saturated rings. The highest BCUT2D eigenvalue weighted by molar-refractivity contribution is 5.79.